The average Bonchev–Trinajstić information content (AvgIpc) is 2.10. The fourth-order valence-corrected chi connectivity index (χ4v) is 0.922. The van der Waals surface area contributed by atoms with Crippen molar-refractivity contribution in [3.05, 3.63) is 47.9 Å². The lowest BCUT2D eigenvalue weighted by molar-refractivity contribution is 0.540. The second kappa shape index (κ2) is 6.25. The molecule has 0 aromatic rings. The van der Waals surface area contributed by atoms with E-state index in [1.807, 2.05) is 27.0 Å². The first kappa shape index (κ1) is 12.8. The van der Waals surface area contributed by atoms with Crippen LogP contribution >= 0.6 is 0 Å². The third-order valence-corrected chi connectivity index (χ3v) is 1.88. The quantitative estimate of drug-likeness (QED) is 0.610. The molecule has 0 fully saturated rings. The van der Waals surface area contributed by atoms with Gasteiger partial charge in [-0.15, -0.1) is 0 Å². The number of hydrogen-bond donors (Lipinski definition) is 0. The Kier molecular flexibility index (Phi) is 5.70. The Hall–Kier alpha value is -1.24. The zero-order chi connectivity index (χ0) is 11.1. The highest BCUT2D eigenvalue weighted by atomic mass is 15.1. The number of nitrogens with zero attached hydrogens (tertiary/aromatic N) is 1. The van der Waals surface area contributed by atoms with Crippen LogP contribution in [-0.4, -0.2) is 11.9 Å². The molecule has 0 spiro atoms. The largest absolute Gasteiger partial charge is 0.349 e. The molecule has 0 aliphatic carbocycles. The topological polar surface area (TPSA) is 3.24 Å². The van der Waals surface area contributed by atoms with E-state index >= 15 is 0 Å². The summed E-state index contributed by atoms with van der Waals surface area (Å²) in [6.07, 6.45) is 8.32. The summed E-state index contributed by atoms with van der Waals surface area (Å²) in [7, 11) is 2.02. The Bertz CT molecular complexity index is 276. The van der Waals surface area contributed by atoms with Gasteiger partial charge >= 0.3 is 0 Å². The van der Waals surface area contributed by atoms with Crippen LogP contribution in [0.15, 0.2) is 47.9 Å². The van der Waals surface area contributed by atoms with Gasteiger partial charge in [0.15, 0.2) is 0 Å². The molecule has 0 radical (unpaired) electrons. The van der Waals surface area contributed by atoms with Crippen LogP contribution in [0.2, 0.25) is 0 Å². The molecule has 78 valence electrons. The van der Waals surface area contributed by atoms with Crippen LogP contribution in [0, 0.1) is 0 Å². The summed E-state index contributed by atoms with van der Waals surface area (Å²) < 4.78 is 0. The second-order valence-corrected chi connectivity index (χ2v) is 3.63. The van der Waals surface area contributed by atoms with Crippen LogP contribution in [0.3, 0.4) is 0 Å². The van der Waals surface area contributed by atoms with Gasteiger partial charge < -0.3 is 4.90 Å². The fourth-order valence-electron chi connectivity index (χ4n) is 0.922. The predicted octanol–water partition coefficient (Wildman–Crippen LogP) is 3.88. The second-order valence-electron chi connectivity index (χ2n) is 3.63. The van der Waals surface area contributed by atoms with E-state index in [1.165, 1.54) is 5.57 Å². The minimum atomic E-state index is 1.04. The van der Waals surface area contributed by atoms with Crippen molar-refractivity contribution in [3.63, 3.8) is 0 Å². The van der Waals surface area contributed by atoms with Crippen molar-refractivity contribution in [1.82, 2.24) is 4.90 Å². The van der Waals surface area contributed by atoms with Crippen LogP contribution < -0.4 is 0 Å². The predicted molar refractivity (Wildman–Crippen MR) is 64.9 cm³/mol. The molecule has 1 nitrogen and oxygen atoms in total. The van der Waals surface area contributed by atoms with E-state index in [0.717, 1.165) is 11.4 Å². The van der Waals surface area contributed by atoms with E-state index < -0.39 is 0 Å². The van der Waals surface area contributed by atoms with E-state index in [1.54, 1.807) is 0 Å². The molecule has 14 heavy (non-hydrogen) atoms. The SMILES string of the molecule is C=C(C)N(C)C(/C=C\C)=C/C=C(C)C. The Balaban J connectivity index is 4.85. The van der Waals surface area contributed by atoms with E-state index in [4.69, 9.17) is 0 Å². The highest BCUT2D eigenvalue weighted by molar-refractivity contribution is 5.26. The maximum Gasteiger partial charge on any atom is 0.0401 e. The lowest BCUT2D eigenvalue weighted by Crippen LogP contribution is -2.12. The molecular weight excluding hydrogens is 170 g/mol. The van der Waals surface area contributed by atoms with Crippen LogP contribution in [0.5, 0.6) is 0 Å². The summed E-state index contributed by atoms with van der Waals surface area (Å²) in [6.45, 7) is 12.1. The summed E-state index contributed by atoms with van der Waals surface area (Å²) in [5, 5.41) is 0. The van der Waals surface area contributed by atoms with Crippen molar-refractivity contribution in [2.75, 3.05) is 7.05 Å². The van der Waals surface area contributed by atoms with Crippen molar-refractivity contribution >= 4 is 0 Å². The Morgan fingerprint density at radius 2 is 1.71 bits per heavy atom. The van der Waals surface area contributed by atoms with Crippen molar-refractivity contribution in [1.29, 1.82) is 0 Å². The van der Waals surface area contributed by atoms with Gasteiger partial charge in [0.25, 0.3) is 0 Å². The van der Waals surface area contributed by atoms with Crippen molar-refractivity contribution in [2.45, 2.75) is 27.7 Å². The molecular formula is C13H21N. The monoisotopic (exact) mass is 191 g/mol. The van der Waals surface area contributed by atoms with Gasteiger partial charge in [-0.25, -0.2) is 0 Å². The third kappa shape index (κ3) is 4.70. The minimum Gasteiger partial charge on any atom is -0.349 e. The molecule has 0 heterocycles. The van der Waals surface area contributed by atoms with E-state index in [-0.39, 0.29) is 0 Å². The van der Waals surface area contributed by atoms with Crippen LogP contribution in [-0.2, 0) is 0 Å². The Morgan fingerprint density at radius 3 is 2.07 bits per heavy atom. The average molecular weight is 191 g/mol. The van der Waals surface area contributed by atoms with Crippen LogP contribution in [0.25, 0.3) is 0 Å². The van der Waals surface area contributed by atoms with Gasteiger partial charge in [-0.1, -0.05) is 24.3 Å². The van der Waals surface area contributed by atoms with Gasteiger partial charge in [0.05, 0.1) is 0 Å². The molecule has 0 aliphatic rings. The molecule has 1 heteroatoms. The van der Waals surface area contributed by atoms with Crippen LogP contribution in [0.1, 0.15) is 27.7 Å². The molecule has 0 aromatic carbocycles. The molecule has 0 unspecified atom stereocenters. The smallest absolute Gasteiger partial charge is 0.0401 e. The van der Waals surface area contributed by atoms with Crippen molar-refractivity contribution < 1.29 is 0 Å². The maximum absolute atomic E-state index is 3.92. The van der Waals surface area contributed by atoms with Gasteiger partial charge in [-0.2, -0.15) is 0 Å². The maximum atomic E-state index is 3.92. The summed E-state index contributed by atoms with van der Waals surface area (Å²) in [5.41, 5.74) is 3.49. The summed E-state index contributed by atoms with van der Waals surface area (Å²) in [6, 6.07) is 0. The zero-order valence-electron chi connectivity index (χ0n) is 9.96. The first-order valence-corrected chi connectivity index (χ1v) is 4.86. The molecule has 0 saturated heterocycles. The normalized spacial score (nSPS) is 11.6. The van der Waals surface area contributed by atoms with Gasteiger partial charge in [0, 0.05) is 18.4 Å². The number of allylic oxidation sites excluding steroid dienone is 6. The molecule has 0 bridgehead atoms. The molecule has 0 amide bonds. The van der Waals surface area contributed by atoms with Gasteiger partial charge in [-0.3, -0.25) is 0 Å². The third-order valence-electron chi connectivity index (χ3n) is 1.88. The molecule has 0 aromatic heterocycles. The Labute approximate surface area is 88.1 Å². The van der Waals surface area contributed by atoms with Gasteiger partial charge in [0.2, 0.25) is 0 Å². The highest BCUT2D eigenvalue weighted by Crippen LogP contribution is 2.10. The van der Waals surface area contributed by atoms with E-state index in [2.05, 4.69) is 43.6 Å². The molecule has 0 aliphatic heterocycles. The molecule has 0 rings (SSSR count). The highest BCUT2D eigenvalue weighted by Gasteiger charge is 1.99. The summed E-state index contributed by atoms with van der Waals surface area (Å²) in [5.74, 6) is 0. The fraction of sp³-hybridized carbons (Fsp3) is 0.385. The lowest BCUT2D eigenvalue weighted by atomic mass is 10.2. The van der Waals surface area contributed by atoms with Crippen molar-refractivity contribution in [3.8, 4) is 0 Å². The van der Waals surface area contributed by atoms with E-state index in [9.17, 15) is 0 Å². The number of hydrogen-bond acceptors (Lipinski definition) is 1. The lowest BCUT2D eigenvalue weighted by Gasteiger charge is -2.19. The minimum absolute atomic E-state index is 1.04. The molecule has 0 atom stereocenters. The van der Waals surface area contributed by atoms with E-state index in [0.29, 0.717) is 0 Å². The zero-order valence-corrected chi connectivity index (χ0v) is 9.96. The number of rotatable bonds is 4. The molecule has 0 saturated carbocycles. The summed E-state index contributed by atoms with van der Waals surface area (Å²) >= 11 is 0. The standard InChI is InChI=1S/C13H21N/c1-7-8-13(10-9-11(2)3)14(6)12(4)5/h7-10H,4H2,1-3,5-6H3/b8-7-,13-10+. The first-order chi connectivity index (χ1) is 6.49. The first-order valence-electron chi connectivity index (χ1n) is 4.86. The van der Waals surface area contributed by atoms with Gasteiger partial charge in [-0.05, 0) is 39.8 Å². The Morgan fingerprint density at radius 1 is 1.14 bits per heavy atom. The van der Waals surface area contributed by atoms with Crippen LogP contribution in [0.4, 0.5) is 0 Å². The van der Waals surface area contributed by atoms with Crippen molar-refractivity contribution in [2.24, 2.45) is 0 Å². The van der Waals surface area contributed by atoms with Gasteiger partial charge in [0.1, 0.15) is 0 Å². The molecule has 0 N–H and O–H groups in total. The number of likely N-dealkylation sites (N-methyl/N-ethyl adjacent to an activating group) is 1. The summed E-state index contributed by atoms with van der Waals surface area (Å²) in [4.78, 5) is 2.07.